The third-order valence-electron chi connectivity index (χ3n) is 7.60. The molecule has 0 aromatic carbocycles. The smallest absolute Gasteiger partial charge is 0.338 e. The van der Waals surface area contributed by atoms with Gasteiger partial charge in [0, 0.05) is 14.0 Å². The zero-order valence-electron chi connectivity index (χ0n) is 25.2. The van der Waals surface area contributed by atoms with E-state index in [0.717, 1.165) is 18.4 Å². The van der Waals surface area contributed by atoms with E-state index in [1.807, 2.05) is 34.6 Å². The molecule has 0 radical (unpaired) electrons. The van der Waals surface area contributed by atoms with Crippen LogP contribution in [0.5, 0.6) is 0 Å². The number of carbonyl (C=O) groups excluding carboxylic acids is 2. The zero-order chi connectivity index (χ0) is 30.9. The lowest BCUT2D eigenvalue weighted by atomic mass is 9.85. The Kier molecular flexibility index (Phi) is 14.3. The number of nitrogens with one attached hydrogen (secondary N) is 1. The van der Waals surface area contributed by atoms with Gasteiger partial charge in [-0.2, -0.15) is 0 Å². The number of amides is 1. The van der Waals surface area contributed by atoms with E-state index in [4.69, 9.17) is 23.7 Å². The number of allylic oxidation sites excluding steroid dienone is 3. The molecule has 2 rings (SSSR count). The Balaban J connectivity index is 2.24. The number of carbonyl (C=O) groups is 2. The molecule has 2 aliphatic rings. The van der Waals surface area contributed by atoms with Crippen molar-refractivity contribution in [3.05, 3.63) is 23.3 Å². The highest BCUT2D eigenvalue weighted by Crippen LogP contribution is 2.33. The average Bonchev–Trinajstić information content (AvgIpc) is 2.91. The molecule has 11 atom stereocenters. The fraction of sp³-hybridized carbons (Fsp3) is 0.793. The van der Waals surface area contributed by atoms with Gasteiger partial charge in [-0.3, -0.25) is 4.79 Å². The quantitative estimate of drug-likeness (QED) is 0.152. The summed E-state index contributed by atoms with van der Waals surface area (Å²) in [6, 6.07) is -0.891. The van der Waals surface area contributed by atoms with Crippen molar-refractivity contribution >= 4 is 11.9 Å². The maximum Gasteiger partial charge on any atom is 0.338 e. The fourth-order valence-electron chi connectivity index (χ4n) is 5.01. The minimum atomic E-state index is -1.68. The summed E-state index contributed by atoms with van der Waals surface area (Å²) in [5.41, 5.74) is 2.26. The lowest BCUT2D eigenvalue weighted by Crippen LogP contribution is -2.68. The summed E-state index contributed by atoms with van der Waals surface area (Å²) in [4.78, 5) is 25.1. The van der Waals surface area contributed by atoms with Gasteiger partial charge < -0.3 is 49.4 Å². The molecule has 2 fully saturated rings. The van der Waals surface area contributed by atoms with Crippen LogP contribution >= 0.6 is 0 Å². The van der Waals surface area contributed by atoms with Gasteiger partial charge in [-0.15, -0.1) is 0 Å². The van der Waals surface area contributed by atoms with Crippen LogP contribution in [0, 0.1) is 5.92 Å². The van der Waals surface area contributed by atoms with E-state index in [0.29, 0.717) is 6.42 Å². The minimum Gasteiger partial charge on any atom is -0.459 e. The predicted octanol–water partition coefficient (Wildman–Crippen LogP) is 0.741. The third kappa shape index (κ3) is 9.55. The van der Waals surface area contributed by atoms with Crippen molar-refractivity contribution < 1.29 is 53.7 Å². The van der Waals surface area contributed by atoms with Crippen LogP contribution in [0.1, 0.15) is 60.8 Å². The number of hydrogen-bond acceptors (Lipinski definition) is 11. The summed E-state index contributed by atoms with van der Waals surface area (Å²) >= 11 is 0. The number of rotatable bonds is 13. The third-order valence-corrected chi connectivity index (χ3v) is 7.60. The Morgan fingerprint density at radius 3 is 2.24 bits per heavy atom. The molecule has 2 heterocycles. The zero-order valence-corrected chi connectivity index (χ0v) is 25.2. The monoisotopic (exact) mass is 587 g/mol. The second kappa shape index (κ2) is 16.7. The van der Waals surface area contributed by atoms with Gasteiger partial charge in [0.05, 0.1) is 18.8 Å². The molecule has 1 amide bonds. The van der Waals surface area contributed by atoms with Gasteiger partial charge in [0.25, 0.3) is 0 Å². The summed E-state index contributed by atoms with van der Waals surface area (Å²) < 4.78 is 28.4. The molecular weight excluding hydrogens is 538 g/mol. The van der Waals surface area contributed by atoms with Gasteiger partial charge in [0.15, 0.2) is 12.4 Å². The van der Waals surface area contributed by atoms with Gasteiger partial charge in [-0.25, -0.2) is 4.79 Å². The Labute approximate surface area is 242 Å². The van der Waals surface area contributed by atoms with Crippen molar-refractivity contribution in [1.82, 2.24) is 5.32 Å². The van der Waals surface area contributed by atoms with E-state index in [9.17, 15) is 30.0 Å². The van der Waals surface area contributed by atoms with Crippen molar-refractivity contribution in [2.45, 2.75) is 122 Å². The van der Waals surface area contributed by atoms with Crippen molar-refractivity contribution in [1.29, 1.82) is 0 Å². The van der Waals surface area contributed by atoms with Crippen LogP contribution in [-0.4, -0.2) is 114 Å². The molecule has 0 spiro atoms. The first-order valence-corrected chi connectivity index (χ1v) is 14.2. The van der Waals surface area contributed by atoms with Crippen molar-refractivity contribution in [3.63, 3.8) is 0 Å². The van der Waals surface area contributed by atoms with Crippen LogP contribution in [0.15, 0.2) is 23.3 Å². The number of hydrogen-bond donors (Lipinski definition) is 5. The summed E-state index contributed by atoms with van der Waals surface area (Å²) in [5.74, 6) is -1.35. The summed E-state index contributed by atoms with van der Waals surface area (Å²) in [6.07, 6.45) is -5.74. The standard InChI is InChI=1S/C29H49NO11/c1-8-17(5)24-20(30-18(6)32)25(21(33)19(14-31)39-24)40-29-23(35)22(34)26(37-7)27(41-29)28(36)38-13-12-16(4)11-9-10-15(2)3/h10,12,17,19-27,29,31,33-35H,8-9,11,13-14H2,1-7H3,(H,30,32)/b16-12+/t17-,19?,20?,21?,22?,23?,24+,25?,26?,27?,29?/m0/s1. The van der Waals surface area contributed by atoms with Crippen LogP contribution in [0.25, 0.3) is 0 Å². The molecule has 0 bridgehead atoms. The van der Waals surface area contributed by atoms with Crippen LogP contribution in [0.2, 0.25) is 0 Å². The number of methoxy groups -OCH3 is 1. The lowest BCUT2D eigenvalue weighted by Gasteiger charge is -2.49. The highest BCUT2D eigenvalue weighted by Gasteiger charge is 2.53. The number of aliphatic hydroxyl groups excluding tert-OH is 4. The maximum atomic E-state index is 13.0. The molecule has 0 aromatic rings. The maximum absolute atomic E-state index is 13.0. The molecule has 12 heteroatoms. The van der Waals surface area contributed by atoms with E-state index < -0.39 is 79.6 Å². The van der Waals surface area contributed by atoms with Gasteiger partial charge in [-0.1, -0.05) is 37.5 Å². The first kappa shape index (κ1) is 35.3. The SMILES string of the molecule is CC[C@H](C)[C@H]1OC(CO)C(O)C(OC2OC(C(=O)OC/C=C(\C)CCC=C(C)C)C(OC)C(O)C2O)C1NC(C)=O. The van der Waals surface area contributed by atoms with Crippen molar-refractivity contribution in [2.75, 3.05) is 20.3 Å². The highest BCUT2D eigenvalue weighted by molar-refractivity contribution is 5.76. The molecule has 0 aliphatic carbocycles. The molecule has 236 valence electrons. The van der Waals surface area contributed by atoms with E-state index in [1.54, 1.807) is 6.08 Å². The molecule has 2 saturated heterocycles. The molecule has 9 unspecified atom stereocenters. The van der Waals surface area contributed by atoms with Crippen molar-refractivity contribution in [2.24, 2.45) is 5.92 Å². The normalized spacial score (nSPS) is 35.0. The van der Waals surface area contributed by atoms with Crippen LogP contribution in [-0.2, 0) is 33.3 Å². The van der Waals surface area contributed by atoms with Crippen LogP contribution in [0.4, 0.5) is 0 Å². The largest absolute Gasteiger partial charge is 0.459 e. The Morgan fingerprint density at radius 1 is 1.00 bits per heavy atom. The molecule has 5 N–H and O–H groups in total. The van der Waals surface area contributed by atoms with Crippen LogP contribution < -0.4 is 5.32 Å². The van der Waals surface area contributed by atoms with Gasteiger partial charge in [0.1, 0.15) is 43.2 Å². The number of aliphatic hydroxyl groups is 4. The van der Waals surface area contributed by atoms with E-state index in [-0.39, 0.29) is 12.5 Å². The second-order valence-corrected chi connectivity index (χ2v) is 11.1. The summed E-state index contributed by atoms with van der Waals surface area (Å²) in [7, 11) is 1.26. The molecule has 12 nitrogen and oxygen atoms in total. The van der Waals surface area contributed by atoms with Gasteiger partial charge in [0.2, 0.25) is 5.91 Å². The Bertz CT molecular complexity index is 905. The molecule has 0 aromatic heterocycles. The van der Waals surface area contributed by atoms with Crippen LogP contribution in [0.3, 0.4) is 0 Å². The summed E-state index contributed by atoms with van der Waals surface area (Å²) in [6.45, 7) is 10.6. The lowest BCUT2D eigenvalue weighted by molar-refractivity contribution is -0.330. The fourth-order valence-corrected chi connectivity index (χ4v) is 5.01. The van der Waals surface area contributed by atoms with E-state index >= 15 is 0 Å². The van der Waals surface area contributed by atoms with Gasteiger partial charge in [-0.05, 0) is 45.6 Å². The summed E-state index contributed by atoms with van der Waals surface area (Å²) in [5, 5.41) is 45.3. The molecule has 41 heavy (non-hydrogen) atoms. The topological polar surface area (TPSA) is 173 Å². The first-order chi connectivity index (χ1) is 19.4. The van der Waals surface area contributed by atoms with E-state index in [2.05, 4.69) is 11.4 Å². The molecular formula is C29H49NO11. The van der Waals surface area contributed by atoms with Gasteiger partial charge >= 0.3 is 5.97 Å². The number of esters is 1. The Hall–Kier alpha value is -1.90. The minimum absolute atomic E-state index is 0.0298. The average molecular weight is 588 g/mol. The first-order valence-electron chi connectivity index (χ1n) is 14.2. The van der Waals surface area contributed by atoms with Crippen molar-refractivity contribution in [3.8, 4) is 0 Å². The Morgan fingerprint density at radius 2 is 1.68 bits per heavy atom. The number of ether oxygens (including phenoxy) is 5. The van der Waals surface area contributed by atoms with E-state index in [1.165, 1.54) is 19.6 Å². The molecule has 0 saturated carbocycles. The highest BCUT2D eigenvalue weighted by atomic mass is 16.7. The molecule has 2 aliphatic heterocycles. The predicted molar refractivity (Wildman–Crippen MR) is 149 cm³/mol. The second-order valence-electron chi connectivity index (χ2n) is 11.1.